The normalized spacial score (nSPS) is 13.9. The van der Waals surface area contributed by atoms with Gasteiger partial charge < -0.3 is 27.9 Å². The number of carbonyl (C=O) groups is 2. The molecule has 0 bridgehead atoms. The zero-order chi connectivity index (χ0) is 38.6. The summed E-state index contributed by atoms with van der Waals surface area (Å²) >= 11 is 0. The molecular weight excluding hydrogens is 677 g/mol. The van der Waals surface area contributed by atoms with Gasteiger partial charge in [-0.1, -0.05) is 128 Å². The Kier molecular flexibility index (Phi) is 34.2. The largest absolute Gasteiger partial charge is 0.756 e. The van der Waals surface area contributed by atoms with Crippen molar-refractivity contribution in [2.75, 3.05) is 47.5 Å². The molecule has 0 aromatic carbocycles. The molecule has 52 heavy (non-hydrogen) atoms. The number of ether oxygens (including phenoxy) is 2. The first-order valence-corrected chi connectivity index (χ1v) is 22.5. The van der Waals surface area contributed by atoms with Gasteiger partial charge in [0.05, 0.1) is 27.7 Å². The third-order valence-corrected chi connectivity index (χ3v) is 9.91. The van der Waals surface area contributed by atoms with Crippen LogP contribution in [0.2, 0.25) is 0 Å². The molecule has 0 radical (unpaired) electrons. The van der Waals surface area contributed by atoms with Gasteiger partial charge in [0.2, 0.25) is 0 Å². The molecule has 1 unspecified atom stereocenters. The molecule has 0 saturated carbocycles. The highest BCUT2D eigenvalue weighted by Gasteiger charge is 2.21. The van der Waals surface area contributed by atoms with Gasteiger partial charge in [0.15, 0.2) is 6.10 Å². The van der Waals surface area contributed by atoms with Gasteiger partial charge >= 0.3 is 11.9 Å². The van der Waals surface area contributed by atoms with Gasteiger partial charge in [0.1, 0.15) is 19.8 Å². The number of allylic oxidation sites excluding steroid dienone is 4. The lowest BCUT2D eigenvalue weighted by atomic mass is 10.1. The van der Waals surface area contributed by atoms with Gasteiger partial charge in [-0.25, -0.2) is 0 Å². The summed E-state index contributed by atoms with van der Waals surface area (Å²) in [6.07, 6.45) is 36.3. The number of carbonyl (C=O) groups excluding carboxylic acids is 2. The highest BCUT2D eigenvalue weighted by Crippen LogP contribution is 2.38. The van der Waals surface area contributed by atoms with Crippen LogP contribution in [0.4, 0.5) is 0 Å². The van der Waals surface area contributed by atoms with Gasteiger partial charge in [-0.15, -0.1) is 0 Å². The van der Waals surface area contributed by atoms with E-state index in [2.05, 4.69) is 38.2 Å². The van der Waals surface area contributed by atoms with Gasteiger partial charge in [-0.2, -0.15) is 0 Å². The van der Waals surface area contributed by atoms with Gasteiger partial charge in [0, 0.05) is 12.8 Å². The highest BCUT2D eigenvalue weighted by atomic mass is 31.2. The molecule has 0 heterocycles. The first-order valence-electron chi connectivity index (χ1n) is 21.0. The predicted octanol–water partition coefficient (Wildman–Crippen LogP) is 10.9. The molecule has 0 N–H and O–H groups in total. The first kappa shape index (κ1) is 50.5. The van der Waals surface area contributed by atoms with Gasteiger partial charge in [0.25, 0.3) is 7.82 Å². The summed E-state index contributed by atoms with van der Waals surface area (Å²) in [6.45, 7) is 4.18. The number of hydrogen-bond acceptors (Lipinski definition) is 8. The Labute approximate surface area is 319 Å². The second-order valence-corrected chi connectivity index (χ2v) is 16.8. The van der Waals surface area contributed by atoms with Crippen LogP contribution in [0.15, 0.2) is 24.3 Å². The average molecular weight is 758 g/mol. The molecule has 0 aliphatic carbocycles. The van der Waals surface area contributed by atoms with Crippen molar-refractivity contribution < 1.29 is 42.1 Å². The van der Waals surface area contributed by atoms with E-state index in [0.29, 0.717) is 23.9 Å². The summed E-state index contributed by atoms with van der Waals surface area (Å²) in [5.41, 5.74) is 0. The third-order valence-electron chi connectivity index (χ3n) is 8.94. The molecule has 0 saturated heterocycles. The maximum Gasteiger partial charge on any atom is 0.306 e. The maximum absolute atomic E-state index is 12.6. The minimum atomic E-state index is -4.62. The fourth-order valence-corrected chi connectivity index (χ4v) is 6.31. The minimum Gasteiger partial charge on any atom is -0.756 e. The van der Waals surface area contributed by atoms with E-state index in [9.17, 15) is 19.0 Å². The van der Waals surface area contributed by atoms with Crippen LogP contribution in [-0.4, -0.2) is 70.0 Å². The van der Waals surface area contributed by atoms with Crippen LogP contribution in [0, 0.1) is 0 Å². The number of likely N-dealkylation sites (N-methyl/N-ethyl adjacent to an activating group) is 1. The lowest BCUT2D eigenvalue weighted by molar-refractivity contribution is -0.870. The minimum absolute atomic E-state index is 0.0347. The summed E-state index contributed by atoms with van der Waals surface area (Å²) < 4.78 is 33.8. The quantitative estimate of drug-likeness (QED) is 0.0201. The summed E-state index contributed by atoms with van der Waals surface area (Å²) in [7, 11) is 1.15. The van der Waals surface area contributed by atoms with Crippen molar-refractivity contribution in [3.05, 3.63) is 24.3 Å². The van der Waals surface area contributed by atoms with Gasteiger partial charge in [-0.05, 0) is 64.2 Å². The summed E-state index contributed by atoms with van der Waals surface area (Å²) in [5, 5.41) is 0. The molecule has 0 aromatic rings. The van der Waals surface area contributed by atoms with Crippen molar-refractivity contribution >= 4 is 19.8 Å². The molecule has 0 fully saturated rings. The first-order chi connectivity index (χ1) is 25.0. The van der Waals surface area contributed by atoms with E-state index >= 15 is 0 Å². The van der Waals surface area contributed by atoms with Crippen molar-refractivity contribution in [1.82, 2.24) is 0 Å². The molecule has 0 amide bonds. The molecule has 0 aromatic heterocycles. The molecule has 0 aliphatic rings. The van der Waals surface area contributed by atoms with E-state index in [-0.39, 0.29) is 26.1 Å². The Morgan fingerprint density at radius 3 is 1.42 bits per heavy atom. The highest BCUT2D eigenvalue weighted by molar-refractivity contribution is 7.45. The van der Waals surface area contributed by atoms with Crippen LogP contribution < -0.4 is 4.89 Å². The van der Waals surface area contributed by atoms with Crippen LogP contribution in [0.1, 0.15) is 181 Å². The fourth-order valence-electron chi connectivity index (χ4n) is 5.58. The van der Waals surface area contributed by atoms with Crippen molar-refractivity contribution in [3.63, 3.8) is 0 Å². The van der Waals surface area contributed by atoms with Crippen LogP contribution in [0.25, 0.3) is 0 Å². The lowest BCUT2D eigenvalue weighted by Gasteiger charge is -2.28. The Hall–Kier alpha value is -1.51. The topological polar surface area (TPSA) is 111 Å². The van der Waals surface area contributed by atoms with Crippen molar-refractivity contribution in [1.29, 1.82) is 0 Å². The maximum atomic E-state index is 12.6. The van der Waals surface area contributed by atoms with Crippen LogP contribution in [-0.2, 0) is 32.7 Å². The Morgan fingerprint density at radius 2 is 0.981 bits per heavy atom. The van der Waals surface area contributed by atoms with Crippen molar-refractivity contribution in [3.8, 4) is 0 Å². The Balaban J connectivity index is 4.43. The predicted molar refractivity (Wildman–Crippen MR) is 213 cm³/mol. The number of hydrogen-bond donors (Lipinski definition) is 0. The summed E-state index contributed by atoms with van der Waals surface area (Å²) in [4.78, 5) is 37.4. The van der Waals surface area contributed by atoms with Crippen LogP contribution >= 0.6 is 7.82 Å². The molecule has 306 valence electrons. The number of rotatable bonds is 38. The van der Waals surface area contributed by atoms with Crippen molar-refractivity contribution in [2.45, 2.75) is 187 Å². The molecule has 0 rings (SSSR count). The van der Waals surface area contributed by atoms with Crippen LogP contribution in [0.3, 0.4) is 0 Å². The van der Waals surface area contributed by atoms with E-state index in [0.717, 1.165) is 51.4 Å². The molecule has 2 atom stereocenters. The van der Waals surface area contributed by atoms with Gasteiger partial charge in [-0.3, -0.25) is 14.2 Å². The zero-order valence-electron chi connectivity index (χ0n) is 34.3. The lowest BCUT2D eigenvalue weighted by Crippen LogP contribution is -2.37. The van der Waals surface area contributed by atoms with Crippen molar-refractivity contribution in [2.24, 2.45) is 0 Å². The number of unbranched alkanes of at least 4 members (excludes halogenated alkanes) is 20. The molecule has 0 aliphatic heterocycles. The van der Waals surface area contributed by atoms with E-state index in [4.69, 9.17) is 18.5 Å². The number of esters is 2. The number of quaternary nitrogens is 1. The third kappa shape index (κ3) is 38.2. The monoisotopic (exact) mass is 758 g/mol. The van der Waals surface area contributed by atoms with Crippen LogP contribution in [0.5, 0.6) is 0 Å². The second kappa shape index (κ2) is 35.2. The van der Waals surface area contributed by atoms with E-state index in [1.165, 1.54) is 89.9 Å². The number of nitrogens with zero attached hydrogens (tertiary/aromatic N) is 1. The van der Waals surface area contributed by atoms with E-state index < -0.39 is 32.5 Å². The molecule has 10 heteroatoms. The summed E-state index contributed by atoms with van der Waals surface area (Å²) in [6, 6.07) is 0. The fraction of sp³-hybridized carbons (Fsp3) is 0.857. The molecule has 9 nitrogen and oxygen atoms in total. The zero-order valence-corrected chi connectivity index (χ0v) is 35.2. The SMILES string of the molecule is CCCCCCCC/C=C/CCCCCC(=O)OC[C@H](COP(=O)([O-])OCC[N+](C)(C)C)OC(=O)CCCCC/C=C/CCCCCCCCCC. The smallest absolute Gasteiger partial charge is 0.306 e. The number of phosphoric ester groups is 1. The second-order valence-electron chi connectivity index (χ2n) is 15.3. The molecule has 0 spiro atoms. The summed E-state index contributed by atoms with van der Waals surface area (Å²) in [5.74, 6) is -0.870. The Bertz CT molecular complexity index is 949. The Morgan fingerprint density at radius 1 is 0.577 bits per heavy atom. The van der Waals surface area contributed by atoms with E-state index in [1.807, 2.05) is 21.1 Å². The van der Waals surface area contributed by atoms with E-state index in [1.54, 1.807) is 0 Å². The standard InChI is InChI=1S/C42H80NO8P/c1-6-8-10-12-14-16-18-20-21-23-25-27-29-31-33-35-42(45)51-40(39-50-52(46,47)49-37-36-43(3,4)5)38-48-41(44)34-32-30-28-26-24-22-19-17-15-13-11-9-7-2/h22-25,40H,6-21,26-39H2,1-5H3/b24-22+,25-23+/t40-/m1/s1. The average Bonchev–Trinajstić information content (AvgIpc) is 3.09. The molecular formula is C42H80NO8P. The number of phosphoric acid groups is 1.